The molecule has 0 aromatic rings. The molecule has 8 atom stereocenters. The standard InChI is InChI=1S/C22H36O2/c1-21-10-7-18-17-8-11-22(2,24)14-16(17)4-5-19(18)20(21)6-3-15(13-21)9-12-23/h12,15-20,24H,3-11,13-14H2,1-2H3/t15-,16-,17+,18-,19-,20+,21-,22-/m1/s1. The zero-order chi connectivity index (χ0) is 16.9. The number of hydrogen-bond donors (Lipinski definition) is 1. The van der Waals surface area contributed by atoms with E-state index < -0.39 is 5.60 Å². The zero-order valence-corrected chi connectivity index (χ0v) is 15.7. The van der Waals surface area contributed by atoms with Gasteiger partial charge >= 0.3 is 0 Å². The average molecular weight is 333 g/mol. The summed E-state index contributed by atoms with van der Waals surface area (Å²) in [4.78, 5) is 11.0. The van der Waals surface area contributed by atoms with Crippen LogP contribution < -0.4 is 0 Å². The first kappa shape index (κ1) is 17.1. The zero-order valence-electron chi connectivity index (χ0n) is 15.7. The van der Waals surface area contributed by atoms with E-state index in [1.54, 1.807) is 0 Å². The average Bonchev–Trinajstić information content (AvgIpc) is 2.52. The second-order valence-electron chi connectivity index (χ2n) is 10.4. The van der Waals surface area contributed by atoms with Crippen molar-refractivity contribution in [3.05, 3.63) is 0 Å². The van der Waals surface area contributed by atoms with Gasteiger partial charge in [0.05, 0.1) is 5.60 Å². The minimum absolute atomic E-state index is 0.399. The van der Waals surface area contributed by atoms with Crippen molar-refractivity contribution < 1.29 is 9.90 Å². The SMILES string of the molecule is C[C@@]1(O)CC[C@H]2[C@H](CC[C@@H]3[C@@H]2CC[C@]2(C)C[C@@H](CC=O)CC[C@@H]32)C1. The van der Waals surface area contributed by atoms with Crippen LogP contribution in [0.4, 0.5) is 0 Å². The van der Waals surface area contributed by atoms with Crippen LogP contribution in [0.3, 0.4) is 0 Å². The summed E-state index contributed by atoms with van der Waals surface area (Å²) >= 11 is 0. The first-order valence-electron chi connectivity index (χ1n) is 10.6. The van der Waals surface area contributed by atoms with E-state index in [1.165, 1.54) is 51.4 Å². The molecule has 4 aliphatic carbocycles. The lowest BCUT2D eigenvalue weighted by atomic mass is 9.46. The second kappa shape index (κ2) is 6.11. The number of carbonyl (C=O) groups is 1. The molecule has 0 aliphatic heterocycles. The quantitative estimate of drug-likeness (QED) is 0.724. The van der Waals surface area contributed by atoms with E-state index in [4.69, 9.17) is 0 Å². The number of fused-ring (bicyclic) bond motifs is 5. The van der Waals surface area contributed by atoms with Gasteiger partial charge in [-0.1, -0.05) is 6.92 Å². The number of aldehydes is 1. The first-order valence-corrected chi connectivity index (χ1v) is 10.6. The summed E-state index contributed by atoms with van der Waals surface area (Å²) in [6.45, 7) is 4.60. The highest BCUT2D eigenvalue weighted by Gasteiger charge is 2.54. The Labute approximate surface area is 147 Å². The number of aliphatic hydroxyl groups is 1. The van der Waals surface area contributed by atoms with Crippen LogP contribution in [0.2, 0.25) is 0 Å². The van der Waals surface area contributed by atoms with Gasteiger partial charge in [-0.05, 0) is 112 Å². The van der Waals surface area contributed by atoms with Crippen LogP contribution in [0.5, 0.6) is 0 Å². The van der Waals surface area contributed by atoms with Gasteiger partial charge in [0, 0.05) is 6.42 Å². The molecule has 0 unspecified atom stereocenters. The third-order valence-electron chi connectivity index (χ3n) is 8.83. The van der Waals surface area contributed by atoms with Gasteiger partial charge in [-0.15, -0.1) is 0 Å². The monoisotopic (exact) mass is 332 g/mol. The van der Waals surface area contributed by atoms with Crippen molar-refractivity contribution in [2.24, 2.45) is 40.9 Å². The van der Waals surface area contributed by atoms with Crippen molar-refractivity contribution in [2.75, 3.05) is 0 Å². The van der Waals surface area contributed by atoms with Gasteiger partial charge in [0.1, 0.15) is 6.29 Å². The van der Waals surface area contributed by atoms with E-state index in [-0.39, 0.29) is 0 Å². The molecule has 24 heavy (non-hydrogen) atoms. The van der Waals surface area contributed by atoms with Crippen LogP contribution in [0, 0.1) is 40.9 Å². The lowest BCUT2D eigenvalue weighted by Gasteiger charge is -2.59. The van der Waals surface area contributed by atoms with Crippen molar-refractivity contribution in [1.82, 2.24) is 0 Å². The molecule has 1 N–H and O–H groups in total. The lowest BCUT2D eigenvalue weighted by Crippen LogP contribution is -2.52. The third kappa shape index (κ3) is 2.87. The normalized spacial score (nSPS) is 54.3. The molecule has 4 aliphatic rings. The van der Waals surface area contributed by atoms with Crippen molar-refractivity contribution in [1.29, 1.82) is 0 Å². The molecule has 0 saturated heterocycles. The lowest BCUT2D eigenvalue weighted by molar-refractivity contribution is -0.120. The molecule has 2 nitrogen and oxygen atoms in total. The maximum absolute atomic E-state index is 11.0. The van der Waals surface area contributed by atoms with Crippen molar-refractivity contribution in [3.8, 4) is 0 Å². The minimum atomic E-state index is -0.399. The summed E-state index contributed by atoms with van der Waals surface area (Å²) in [6.07, 6.45) is 14.8. The fraction of sp³-hybridized carbons (Fsp3) is 0.955. The molecule has 0 aromatic heterocycles. The molecule has 4 rings (SSSR count). The molecular weight excluding hydrogens is 296 g/mol. The molecule has 0 heterocycles. The predicted octanol–water partition coefficient (Wildman–Crippen LogP) is 4.99. The minimum Gasteiger partial charge on any atom is -0.390 e. The van der Waals surface area contributed by atoms with Gasteiger partial charge in [0.25, 0.3) is 0 Å². The first-order chi connectivity index (χ1) is 11.4. The topological polar surface area (TPSA) is 37.3 Å². The Bertz CT molecular complexity index is 484. The fourth-order valence-corrected chi connectivity index (χ4v) is 7.81. The molecule has 2 heteroatoms. The van der Waals surface area contributed by atoms with E-state index >= 15 is 0 Å². The Hall–Kier alpha value is -0.370. The molecule has 0 bridgehead atoms. The van der Waals surface area contributed by atoms with Crippen LogP contribution >= 0.6 is 0 Å². The highest BCUT2D eigenvalue weighted by Crippen LogP contribution is 2.62. The Morgan fingerprint density at radius 1 is 0.917 bits per heavy atom. The summed E-state index contributed by atoms with van der Waals surface area (Å²) in [5.74, 6) is 5.10. The fourth-order valence-electron chi connectivity index (χ4n) is 7.81. The molecule has 4 saturated carbocycles. The number of carbonyl (C=O) groups excluding carboxylic acids is 1. The van der Waals surface area contributed by atoms with Crippen LogP contribution in [0.15, 0.2) is 0 Å². The highest BCUT2D eigenvalue weighted by molar-refractivity contribution is 5.49. The predicted molar refractivity (Wildman–Crippen MR) is 96.5 cm³/mol. The third-order valence-corrected chi connectivity index (χ3v) is 8.83. The maximum atomic E-state index is 11.0. The molecule has 136 valence electrons. The van der Waals surface area contributed by atoms with Crippen LogP contribution in [0.25, 0.3) is 0 Å². The molecular formula is C22H36O2. The van der Waals surface area contributed by atoms with Gasteiger partial charge in [-0.3, -0.25) is 0 Å². The molecule has 0 aromatic carbocycles. The Morgan fingerprint density at radius 3 is 2.50 bits per heavy atom. The molecule has 0 radical (unpaired) electrons. The van der Waals surface area contributed by atoms with E-state index in [1.807, 2.05) is 0 Å². The Kier molecular flexibility index (Phi) is 4.34. The van der Waals surface area contributed by atoms with E-state index in [2.05, 4.69) is 13.8 Å². The smallest absolute Gasteiger partial charge is 0.120 e. The Morgan fingerprint density at radius 2 is 1.71 bits per heavy atom. The number of rotatable bonds is 2. The summed E-state index contributed by atoms with van der Waals surface area (Å²) in [5, 5.41) is 10.5. The highest BCUT2D eigenvalue weighted by atomic mass is 16.3. The van der Waals surface area contributed by atoms with E-state index in [0.717, 1.165) is 55.1 Å². The summed E-state index contributed by atoms with van der Waals surface area (Å²) in [5.41, 5.74) is 0.101. The van der Waals surface area contributed by atoms with Crippen LogP contribution in [-0.4, -0.2) is 17.0 Å². The van der Waals surface area contributed by atoms with E-state index in [0.29, 0.717) is 11.3 Å². The van der Waals surface area contributed by atoms with Crippen LogP contribution in [0.1, 0.15) is 84.5 Å². The van der Waals surface area contributed by atoms with Crippen molar-refractivity contribution in [2.45, 2.75) is 90.1 Å². The number of hydrogen-bond acceptors (Lipinski definition) is 2. The van der Waals surface area contributed by atoms with E-state index in [9.17, 15) is 9.90 Å². The molecule has 4 fully saturated rings. The van der Waals surface area contributed by atoms with Crippen molar-refractivity contribution in [3.63, 3.8) is 0 Å². The summed E-state index contributed by atoms with van der Waals surface area (Å²) in [7, 11) is 0. The van der Waals surface area contributed by atoms with Gasteiger partial charge in [0.15, 0.2) is 0 Å². The van der Waals surface area contributed by atoms with Gasteiger partial charge in [0.2, 0.25) is 0 Å². The maximum Gasteiger partial charge on any atom is 0.120 e. The van der Waals surface area contributed by atoms with Gasteiger partial charge in [-0.2, -0.15) is 0 Å². The second-order valence-corrected chi connectivity index (χ2v) is 10.4. The van der Waals surface area contributed by atoms with Gasteiger partial charge < -0.3 is 9.90 Å². The van der Waals surface area contributed by atoms with Crippen molar-refractivity contribution >= 4 is 6.29 Å². The molecule has 0 spiro atoms. The summed E-state index contributed by atoms with van der Waals surface area (Å²) in [6, 6.07) is 0. The van der Waals surface area contributed by atoms with Crippen LogP contribution in [-0.2, 0) is 4.79 Å². The van der Waals surface area contributed by atoms with Gasteiger partial charge in [-0.25, -0.2) is 0 Å². The summed E-state index contributed by atoms with van der Waals surface area (Å²) < 4.78 is 0. The largest absolute Gasteiger partial charge is 0.390 e. The Balaban J connectivity index is 1.49. The molecule has 0 amide bonds.